The van der Waals surface area contributed by atoms with E-state index in [1.165, 1.54) is 6.07 Å². The Labute approximate surface area is 144 Å². The molecule has 1 N–H and O–H groups in total. The maximum atomic E-state index is 12.7. The van der Waals surface area contributed by atoms with Crippen molar-refractivity contribution in [2.75, 3.05) is 24.9 Å². The van der Waals surface area contributed by atoms with E-state index in [0.717, 1.165) is 6.07 Å². The van der Waals surface area contributed by atoms with Gasteiger partial charge < -0.3 is 9.15 Å². The highest BCUT2D eigenvalue weighted by Gasteiger charge is 2.26. The molecule has 2 aromatic rings. The first-order chi connectivity index (χ1) is 11.9. The molecule has 2 rings (SSSR count). The van der Waals surface area contributed by atoms with Crippen molar-refractivity contribution in [2.45, 2.75) is 20.8 Å². The largest absolute Gasteiger partial charge is 0.460 e. The van der Waals surface area contributed by atoms with Crippen LogP contribution in [0.4, 0.5) is 5.69 Å². The van der Waals surface area contributed by atoms with Gasteiger partial charge >= 0.3 is 13.7 Å². The zero-order valence-corrected chi connectivity index (χ0v) is 15.1. The van der Waals surface area contributed by atoms with E-state index >= 15 is 0 Å². The molecule has 1 aromatic carbocycles. The topological polar surface area (TPSA) is 104 Å². The number of hydrogen-bond donors (Lipinski definition) is 1. The number of hydrogen-bond acceptors (Lipinski definition) is 7. The highest BCUT2D eigenvalue weighted by molar-refractivity contribution is 7.55. The van der Waals surface area contributed by atoms with Crippen molar-refractivity contribution >= 4 is 30.4 Å². The first-order valence-corrected chi connectivity index (χ1v) is 9.39. The van der Waals surface area contributed by atoms with Crippen LogP contribution >= 0.6 is 7.75 Å². The number of carbonyl (C=O) groups is 1. The number of nitrogens with one attached hydrogen (secondary N) is 1. The van der Waals surface area contributed by atoms with Gasteiger partial charge in [-0.05, 0) is 32.9 Å². The van der Waals surface area contributed by atoms with Gasteiger partial charge in [-0.3, -0.25) is 18.9 Å². The molecular weight excluding hydrogens is 349 g/mol. The Kier molecular flexibility index (Phi) is 6.36. The van der Waals surface area contributed by atoms with Crippen LogP contribution < -0.4 is 10.5 Å². The summed E-state index contributed by atoms with van der Waals surface area (Å²) < 4.78 is 33.4. The van der Waals surface area contributed by atoms with Gasteiger partial charge in [-0.25, -0.2) is 9.36 Å². The number of ether oxygens (including phenoxy) is 1. The summed E-state index contributed by atoms with van der Waals surface area (Å²) in [6.45, 7) is 5.46. The SMILES string of the molecule is CCOC(=O)c1cc(=O)c2cccc(NP(=O)(OCC)OCC)c2o1. The average molecular weight is 369 g/mol. The smallest absolute Gasteiger partial charge is 0.432 e. The molecule has 0 aliphatic carbocycles. The summed E-state index contributed by atoms with van der Waals surface area (Å²) >= 11 is 0. The van der Waals surface area contributed by atoms with Gasteiger partial charge in [0.25, 0.3) is 0 Å². The number of carbonyl (C=O) groups excluding carboxylic acids is 1. The van der Waals surface area contributed by atoms with Gasteiger partial charge in [0.1, 0.15) is 0 Å². The molecule has 0 atom stereocenters. The number of benzene rings is 1. The van der Waals surface area contributed by atoms with Gasteiger partial charge in [-0.2, -0.15) is 0 Å². The molecule has 0 radical (unpaired) electrons. The molecule has 1 aromatic heterocycles. The van der Waals surface area contributed by atoms with Crippen LogP contribution in [0.3, 0.4) is 0 Å². The quantitative estimate of drug-likeness (QED) is 0.556. The van der Waals surface area contributed by atoms with Crippen LogP contribution in [-0.2, 0) is 18.3 Å². The maximum Gasteiger partial charge on any atom is 0.432 e. The fourth-order valence-corrected chi connectivity index (χ4v) is 3.51. The molecule has 136 valence electrons. The third-order valence-corrected chi connectivity index (χ3v) is 4.80. The fraction of sp³-hybridized carbons (Fsp3) is 0.375. The number of fused-ring (bicyclic) bond motifs is 1. The highest BCUT2D eigenvalue weighted by Crippen LogP contribution is 2.48. The van der Waals surface area contributed by atoms with Crippen LogP contribution in [0.15, 0.2) is 33.5 Å². The van der Waals surface area contributed by atoms with Crippen LogP contribution in [0.2, 0.25) is 0 Å². The number of esters is 1. The van der Waals surface area contributed by atoms with Crippen molar-refractivity contribution in [3.63, 3.8) is 0 Å². The summed E-state index contributed by atoms with van der Waals surface area (Å²) in [7, 11) is -3.64. The lowest BCUT2D eigenvalue weighted by Gasteiger charge is -2.19. The van der Waals surface area contributed by atoms with Crippen LogP contribution in [0.5, 0.6) is 0 Å². The minimum absolute atomic E-state index is 0.0673. The third-order valence-electron chi connectivity index (χ3n) is 3.09. The zero-order chi connectivity index (χ0) is 18.4. The van der Waals surface area contributed by atoms with Crippen molar-refractivity contribution in [3.8, 4) is 0 Å². The minimum atomic E-state index is -3.64. The van der Waals surface area contributed by atoms with E-state index in [9.17, 15) is 14.2 Å². The second-order valence-corrected chi connectivity index (χ2v) is 6.56. The highest BCUT2D eigenvalue weighted by atomic mass is 31.2. The molecule has 0 saturated heterocycles. The predicted octanol–water partition coefficient (Wildman–Crippen LogP) is 3.56. The molecule has 0 amide bonds. The molecule has 8 nitrogen and oxygen atoms in total. The molecule has 0 fully saturated rings. The number of para-hydroxylation sites is 1. The van der Waals surface area contributed by atoms with Gasteiger partial charge in [0.05, 0.1) is 30.9 Å². The van der Waals surface area contributed by atoms with Crippen molar-refractivity contribution in [1.82, 2.24) is 0 Å². The van der Waals surface area contributed by atoms with E-state index in [-0.39, 0.29) is 42.2 Å². The van der Waals surface area contributed by atoms with Crippen LogP contribution in [0.25, 0.3) is 11.0 Å². The lowest BCUT2D eigenvalue weighted by molar-refractivity contribution is 0.0490. The van der Waals surface area contributed by atoms with Crippen LogP contribution in [0.1, 0.15) is 31.3 Å². The van der Waals surface area contributed by atoms with Crippen molar-refractivity contribution < 1.29 is 27.6 Å². The first-order valence-electron chi connectivity index (χ1n) is 7.85. The lowest BCUT2D eigenvalue weighted by atomic mass is 10.2. The average Bonchev–Trinajstić information content (AvgIpc) is 2.56. The Morgan fingerprint density at radius 3 is 2.44 bits per heavy atom. The Bertz CT molecular complexity index is 851. The molecule has 0 aliphatic rings. The molecule has 0 spiro atoms. The Morgan fingerprint density at radius 2 is 1.84 bits per heavy atom. The monoisotopic (exact) mass is 369 g/mol. The molecule has 9 heteroatoms. The summed E-state index contributed by atoms with van der Waals surface area (Å²) in [4.78, 5) is 24.1. The molecular formula is C16H20NO7P. The molecule has 0 unspecified atom stereocenters. The lowest BCUT2D eigenvalue weighted by Crippen LogP contribution is -2.11. The first kappa shape index (κ1) is 19.2. The van der Waals surface area contributed by atoms with E-state index in [0.29, 0.717) is 0 Å². The third kappa shape index (κ3) is 4.48. The summed E-state index contributed by atoms with van der Waals surface area (Å²) in [5.74, 6) is -0.995. The summed E-state index contributed by atoms with van der Waals surface area (Å²) in [6.07, 6.45) is 0. The van der Waals surface area contributed by atoms with Crippen molar-refractivity contribution in [2.24, 2.45) is 0 Å². The zero-order valence-electron chi connectivity index (χ0n) is 14.2. The Hall–Kier alpha value is -2.15. The van der Waals surface area contributed by atoms with E-state index in [2.05, 4.69) is 5.09 Å². The molecule has 25 heavy (non-hydrogen) atoms. The van der Waals surface area contributed by atoms with Gasteiger partial charge in [-0.1, -0.05) is 6.07 Å². The minimum Gasteiger partial charge on any atom is -0.460 e. The maximum absolute atomic E-state index is 12.7. The van der Waals surface area contributed by atoms with E-state index in [1.807, 2.05) is 0 Å². The van der Waals surface area contributed by atoms with Crippen LogP contribution in [0, 0.1) is 0 Å². The number of anilines is 1. The predicted molar refractivity (Wildman–Crippen MR) is 92.9 cm³/mol. The molecule has 1 heterocycles. The summed E-state index contributed by atoms with van der Waals surface area (Å²) in [5.41, 5.74) is -0.140. The second kappa shape index (κ2) is 8.29. The normalized spacial score (nSPS) is 11.5. The number of rotatable bonds is 8. The standard InChI is InChI=1S/C16H20NO7P/c1-4-21-16(19)14-10-13(18)11-8-7-9-12(15(11)24-14)17-25(20,22-5-2)23-6-3/h7-10H,4-6H2,1-3H3,(H,17,20). The van der Waals surface area contributed by atoms with Crippen LogP contribution in [-0.4, -0.2) is 25.8 Å². The Balaban J connectivity index is 2.55. The van der Waals surface area contributed by atoms with E-state index < -0.39 is 19.1 Å². The van der Waals surface area contributed by atoms with Crippen molar-refractivity contribution in [1.29, 1.82) is 0 Å². The van der Waals surface area contributed by atoms with E-state index in [4.69, 9.17) is 18.2 Å². The van der Waals surface area contributed by atoms with Gasteiger partial charge in [0, 0.05) is 6.07 Å². The van der Waals surface area contributed by atoms with Crippen molar-refractivity contribution in [3.05, 3.63) is 40.2 Å². The second-order valence-electron chi connectivity index (χ2n) is 4.82. The van der Waals surface area contributed by atoms with E-state index in [1.54, 1.807) is 32.9 Å². The summed E-state index contributed by atoms with van der Waals surface area (Å²) in [5, 5.41) is 2.87. The van der Waals surface area contributed by atoms with Gasteiger partial charge in [-0.15, -0.1) is 0 Å². The summed E-state index contributed by atoms with van der Waals surface area (Å²) in [6, 6.07) is 5.74. The molecule has 0 aliphatic heterocycles. The molecule has 0 bridgehead atoms. The van der Waals surface area contributed by atoms with Gasteiger partial charge in [0.2, 0.25) is 5.76 Å². The fourth-order valence-electron chi connectivity index (χ4n) is 2.16. The Morgan fingerprint density at radius 1 is 1.16 bits per heavy atom. The van der Waals surface area contributed by atoms with Gasteiger partial charge in [0.15, 0.2) is 11.0 Å². The molecule has 0 saturated carbocycles.